The average molecular weight is 386 g/mol. The molecule has 0 radical (unpaired) electrons. The van der Waals surface area contributed by atoms with Crippen LogP contribution in [0.15, 0.2) is 29.0 Å². The first-order chi connectivity index (χ1) is 11.9. The number of rotatable bonds is 6. The van der Waals surface area contributed by atoms with Gasteiger partial charge in [-0.3, -0.25) is 0 Å². The second kappa shape index (κ2) is 7.64. The van der Waals surface area contributed by atoms with Crippen molar-refractivity contribution in [1.82, 2.24) is 9.88 Å². The van der Waals surface area contributed by atoms with Gasteiger partial charge >= 0.3 is 0 Å². The van der Waals surface area contributed by atoms with E-state index in [1.54, 1.807) is 34.6 Å². The highest BCUT2D eigenvalue weighted by atomic mass is 32.2. The van der Waals surface area contributed by atoms with Crippen molar-refractivity contribution in [3.8, 4) is 0 Å². The molecule has 0 saturated carbocycles. The Morgan fingerprint density at radius 1 is 1.31 bits per heavy atom. The number of nitrogens with zero attached hydrogens (tertiary/aromatic N) is 1. The first-order valence-electron chi connectivity index (χ1n) is 8.18. The number of halogens is 2. The third-order valence-corrected chi connectivity index (χ3v) is 5.90. The van der Waals surface area contributed by atoms with Crippen LogP contribution in [0.2, 0.25) is 0 Å². The van der Waals surface area contributed by atoms with Crippen LogP contribution >= 0.6 is 0 Å². The molecule has 0 bridgehead atoms. The Morgan fingerprint density at radius 3 is 2.46 bits per heavy atom. The van der Waals surface area contributed by atoms with Gasteiger partial charge < -0.3 is 14.2 Å². The van der Waals surface area contributed by atoms with Crippen LogP contribution in [-0.4, -0.2) is 19.6 Å². The van der Waals surface area contributed by atoms with Gasteiger partial charge in [0.05, 0.1) is 17.3 Å². The van der Waals surface area contributed by atoms with E-state index in [0.29, 0.717) is 11.3 Å². The maximum atomic E-state index is 14.5. The molecule has 0 saturated heterocycles. The Morgan fingerprint density at radius 2 is 1.96 bits per heavy atom. The molecule has 1 aromatic heterocycles. The van der Waals surface area contributed by atoms with Crippen molar-refractivity contribution in [2.24, 2.45) is 0 Å². The summed E-state index contributed by atoms with van der Waals surface area (Å²) in [7, 11) is 0. The van der Waals surface area contributed by atoms with Crippen LogP contribution in [0.4, 0.5) is 8.78 Å². The molecule has 3 atom stereocenters. The zero-order valence-electron chi connectivity index (χ0n) is 15.5. The molecule has 2 aromatic rings. The number of hydrogen-bond acceptors (Lipinski definition) is 5. The van der Waals surface area contributed by atoms with Gasteiger partial charge in [0.2, 0.25) is 0 Å². The number of nitrogens with one attached hydrogen (secondary N) is 1. The van der Waals surface area contributed by atoms with Crippen molar-refractivity contribution >= 4 is 11.4 Å². The van der Waals surface area contributed by atoms with Crippen LogP contribution in [0.1, 0.15) is 57.0 Å². The minimum Gasteiger partial charge on any atom is -0.598 e. The minimum atomic E-state index is -1.55. The molecule has 1 unspecified atom stereocenters. The van der Waals surface area contributed by atoms with Crippen molar-refractivity contribution in [3.05, 3.63) is 52.9 Å². The number of hydrogen-bond donors (Lipinski definition) is 2. The van der Waals surface area contributed by atoms with Crippen LogP contribution in [-0.2, 0) is 16.9 Å². The fraction of sp³-hybridized carbons (Fsp3) is 0.500. The Bertz CT molecular complexity index is 763. The Kier molecular flexibility index (Phi) is 6.12. The highest BCUT2D eigenvalue weighted by Gasteiger charge is 2.40. The van der Waals surface area contributed by atoms with E-state index in [-0.39, 0.29) is 12.0 Å². The summed E-state index contributed by atoms with van der Waals surface area (Å²) in [5, 5.41) is 14.3. The van der Waals surface area contributed by atoms with Gasteiger partial charge in [-0.05, 0) is 40.7 Å². The second-order valence-corrected chi connectivity index (χ2v) is 9.48. The normalized spacial score (nSPS) is 17.0. The molecule has 2 N–H and O–H groups in total. The highest BCUT2D eigenvalue weighted by molar-refractivity contribution is 7.90. The van der Waals surface area contributed by atoms with Crippen LogP contribution in [0, 0.1) is 18.6 Å². The van der Waals surface area contributed by atoms with Crippen molar-refractivity contribution in [1.29, 1.82) is 0 Å². The molecule has 0 aliphatic carbocycles. The number of aliphatic hydroxyl groups excluding tert-OH is 1. The summed E-state index contributed by atoms with van der Waals surface area (Å²) in [5.41, 5.74) is -0.137. The highest BCUT2D eigenvalue weighted by Crippen LogP contribution is 2.36. The Hall–Kier alpha value is -1.48. The molecule has 2 rings (SSSR count). The third kappa shape index (κ3) is 4.62. The van der Waals surface area contributed by atoms with E-state index in [2.05, 4.69) is 9.88 Å². The van der Waals surface area contributed by atoms with Gasteiger partial charge in [0.25, 0.3) is 0 Å². The second-order valence-electron chi connectivity index (χ2n) is 7.51. The molecule has 0 amide bonds. The van der Waals surface area contributed by atoms with E-state index >= 15 is 0 Å². The minimum absolute atomic E-state index is 0.0145. The monoisotopic (exact) mass is 386 g/mol. The molecule has 1 aromatic carbocycles. The summed E-state index contributed by atoms with van der Waals surface area (Å²) in [4.78, 5) is 0. The average Bonchev–Trinajstić information content (AvgIpc) is 2.92. The molecule has 26 heavy (non-hydrogen) atoms. The lowest BCUT2D eigenvalue weighted by atomic mass is 9.85. The van der Waals surface area contributed by atoms with Crippen molar-refractivity contribution in [2.75, 3.05) is 0 Å². The number of benzene rings is 1. The van der Waals surface area contributed by atoms with Gasteiger partial charge in [-0.25, -0.2) is 8.78 Å². The summed E-state index contributed by atoms with van der Waals surface area (Å²) in [6.45, 7) is 8.63. The first-order valence-corrected chi connectivity index (χ1v) is 9.33. The van der Waals surface area contributed by atoms with Crippen molar-refractivity contribution in [3.63, 3.8) is 0 Å². The molecule has 0 aliphatic rings. The van der Waals surface area contributed by atoms with Gasteiger partial charge in [-0.1, -0.05) is 11.2 Å². The number of aromatic nitrogens is 1. The van der Waals surface area contributed by atoms with Crippen molar-refractivity contribution < 1.29 is 23.0 Å². The fourth-order valence-electron chi connectivity index (χ4n) is 2.62. The molecule has 144 valence electrons. The van der Waals surface area contributed by atoms with Gasteiger partial charge in [-0.2, -0.15) is 0 Å². The summed E-state index contributed by atoms with van der Waals surface area (Å²) in [6, 6.07) is 3.20. The van der Waals surface area contributed by atoms with E-state index in [9.17, 15) is 18.4 Å². The standard InChI is InChI=1S/C18H24F2N2O3S/c1-11-13(10-25-21-11)16(23)9-18(5,22-26(24)17(2,3)4)14-7-6-12(19)8-15(14)20/h6-8,10,16,22-23H,9H2,1-5H3/t16-,18+,26?/m1/s1. The van der Waals surface area contributed by atoms with Crippen LogP contribution in [0.5, 0.6) is 0 Å². The van der Waals surface area contributed by atoms with Gasteiger partial charge in [-0.15, -0.1) is 4.72 Å². The molecular formula is C18H24F2N2O3S. The van der Waals surface area contributed by atoms with Gasteiger partial charge in [0.1, 0.15) is 22.6 Å². The predicted molar refractivity (Wildman–Crippen MR) is 95.6 cm³/mol. The molecule has 8 heteroatoms. The Labute approximate surface area is 155 Å². The molecular weight excluding hydrogens is 362 g/mol. The van der Waals surface area contributed by atoms with E-state index in [4.69, 9.17) is 4.52 Å². The molecule has 0 spiro atoms. The summed E-state index contributed by atoms with van der Waals surface area (Å²) < 4.78 is 47.6. The fourth-order valence-corrected chi connectivity index (χ4v) is 3.53. The van der Waals surface area contributed by atoms with E-state index < -0.39 is 39.4 Å². The maximum Gasteiger partial charge on any atom is 0.136 e. The first kappa shape index (κ1) is 20.8. The zero-order valence-corrected chi connectivity index (χ0v) is 16.3. The quantitative estimate of drug-likeness (QED) is 0.741. The largest absolute Gasteiger partial charge is 0.598 e. The molecule has 5 nitrogen and oxygen atoms in total. The smallest absolute Gasteiger partial charge is 0.136 e. The van der Waals surface area contributed by atoms with Gasteiger partial charge in [0, 0.05) is 35.0 Å². The van der Waals surface area contributed by atoms with E-state index in [1.807, 2.05) is 0 Å². The summed E-state index contributed by atoms with van der Waals surface area (Å²) in [5.74, 6) is -1.49. The SMILES string of the molecule is Cc1nocc1[C@H](O)C[C@](C)(N[S+]([O-])C(C)(C)C)c1ccc(F)cc1F. The summed E-state index contributed by atoms with van der Waals surface area (Å²) >= 11 is -1.55. The summed E-state index contributed by atoms with van der Waals surface area (Å²) in [6.07, 6.45) is 0.266. The Balaban J connectivity index is 2.42. The van der Waals surface area contributed by atoms with Crippen LogP contribution in [0.3, 0.4) is 0 Å². The van der Waals surface area contributed by atoms with Crippen LogP contribution in [0.25, 0.3) is 0 Å². The number of aryl methyl sites for hydroxylation is 1. The molecule has 1 heterocycles. The maximum absolute atomic E-state index is 14.5. The topological polar surface area (TPSA) is 81.4 Å². The zero-order chi connectivity index (χ0) is 19.7. The lowest BCUT2D eigenvalue weighted by Gasteiger charge is -2.36. The van der Waals surface area contributed by atoms with E-state index in [1.165, 1.54) is 12.3 Å². The predicted octanol–water partition coefficient (Wildman–Crippen LogP) is 3.65. The van der Waals surface area contributed by atoms with E-state index in [0.717, 1.165) is 12.1 Å². The van der Waals surface area contributed by atoms with Crippen molar-refractivity contribution in [2.45, 2.75) is 57.4 Å². The third-order valence-electron chi connectivity index (χ3n) is 4.15. The lowest BCUT2D eigenvalue weighted by molar-refractivity contribution is 0.129. The van der Waals surface area contributed by atoms with Crippen LogP contribution < -0.4 is 4.72 Å². The molecule has 0 fully saturated rings. The number of aliphatic hydroxyl groups is 1. The molecule has 0 aliphatic heterocycles. The van der Waals surface area contributed by atoms with Gasteiger partial charge in [0.15, 0.2) is 0 Å². The lowest BCUT2D eigenvalue weighted by Crippen LogP contribution is -2.51.